The van der Waals surface area contributed by atoms with E-state index in [9.17, 15) is 4.79 Å². The van der Waals surface area contributed by atoms with E-state index in [2.05, 4.69) is 0 Å². The Morgan fingerprint density at radius 3 is 2.40 bits per heavy atom. The van der Waals surface area contributed by atoms with Crippen molar-refractivity contribution in [2.75, 3.05) is 26.8 Å². The summed E-state index contributed by atoms with van der Waals surface area (Å²) in [5, 5.41) is 0. The summed E-state index contributed by atoms with van der Waals surface area (Å²) in [4.78, 5) is 13.7. The zero-order chi connectivity index (χ0) is 14.3. The molecule has 0 radical (unpaired) electrons. The van der Waals surface area contributed by atoms with Crippen molar-refractivity contribution < 1.29 is 42.8 Å². The van der Waals surface area contributed by atoms with Gasteiger partial charge in [-0.3, -0.25) is 0 Å². The number of carbonyl (C=O) groups is 1. The van der Waals surface area contributed by atoms with Crippen molar-refractivity contribution in [2.24, 2.45) is 7.05 Å². The molecule has 0 bridgehead atoms. The lowest BCUT2D eigenvalue weighted by Crippen LogP contribution is -3.00. The maximum atomic E-state index is 12.1. The summed E-state index contributed by atoms with van der Waals surface area (Å²) in [5.74, 6) is 0. The summed E-state index contributed by atoms with van der Waals surface area (Å²) < 4.78 is 14.3. The van der Waals surface area contributed by atoms with Crippen molar-refractivity contribution in [1.82, 2.24) is 9.47 Å². The number of hydrogen-bond acceptors (Lipinski definition) is 3. The van der Waals surface area contributed by atoms with E-state index in [1.807, 2.05) is 31.7 Å². The fourth-order valence-corrected chi connectivity index (χ4v) is 1.74. The van der Waals surface area contributed by atoms with Gasteiger partial charge in [0.25, 0.3) is 6.33 Å². The summed E-state index contributed by atoms with van der Waals surface area (Å²) >= 11 is 0. The molecule has 0 N–H and O–H groups in total. The molecule has 0 saturated carbocycles. The van der Waals surface area contributed by atoms with Crippen molar-refractivity contribution in [1.29, 1.82) is 0 Å². The van der Waals surface area contributed by atoms with Gasteiger partial charge in [-0.25, -0.2) is 9.36 Å². The molecule has 0 aromatic carbocycles. The van der Waals surface area contributed by atoms with Crippen LogP contribution in [0.5, 0.6) is 0 Å². The average molecular weight is 397 g/mol. The van der Waals surface area contributed by atoms with Gasteiger partial charge in [0.2, 0.25) is 0 Å². The normalized spacial score (nSPS) is 10.4. The molecule has 1 heterocycles. The number of aromatic nitrogens is 2. The smallest absolute Gasteiger partial charge is 0.415 e. The molecule has 6 nitrogen and oxygen atoms in total. The van der Waals surface area contributed by atoms with E-state index in [-0.39, 0.29) is 36.3 Å². The highest BCUT2D eigenvalue weighted by molar-refractivity contribution is 5.76. The third-order valence-corrected chi connectivity index (χ3v) is 2.72. The number of carbonyl (C=O) groups excluding carboxylic acids is 1. The molecule has 1 aromatic rings. The van der Waals surface area contributed by atoms with E-state index < -0.39 is 0 Å². The number of rotatable bonds is 7. The minimum atomic E-state index is -0.244. The first kappa shape index (κ1) is 19.3. The second kappa shape index (κ2) is 10.1. The standard InChI is InChI=1S/C13H24N3O3.HI/c1-5-18-12(19-6-2)7-8-15(4)13(17)16-10-9-14(3)11-16;/h9-12H,5-8H2,1-4H3;1H/q+1;/p-1. The monoisotopic (exact) mass is 397 g/mol. The maximum absolute atomic E-state index is 12.1. The summed E-state index contributed by atoms with van der Waals surface area (Å²) in [5.41, 5.74) is 0. The van der Waals surface area contributed by atoms with Gasteiger partial charge in [0, 0.05) is 33.2 Å². The maximum Gasteiger partial charge on any atom is 0.415 e. The first-order valence-corrected chi connectivity index (χ1v) is 6.60. The Balaban J connectivity index is 0.00000361. The molecule has 1 aromatic heterocycles. The fourth-order valence-electron chi connectivity index (χ4n) is 1.74. The number of ether oxygens (including phenoxy) is 2. The highest BCUT2D eigenvalue weighted by atomic mass is 127. The van der Waals surface area contributed by atoms with Crippen LogP contribution in [0, 0.1) is 0 Å². The van der Waals surface area contributed by atoms with Crippen molar-refractivity contribution in [2.45, 2.75) is 26.6 Å². The van der Waals surface area contributed by atoms with E-state index in [4.69, 9.17) is 9.47 Å². The van der Waals surface area contributed by atoms with Gasteiger partial charge in [-0.15, -0.1) is 0 Å². The molecule has 0 unspecified atom stereocenters. The molecule has 1 amide bonds. The SMILES string of the molecule is CCOC(CCN(C)C(=O)n1cc[n+](C)c1)OCC.[I-]. The van der Waals surface area contributed by atoms with Crippen LogP contribution in [0.3, 0.4) is 0 Å². The predicted octanol–water partition coefficient (Wildman–Crippen LogP) is -1.99. The van der Waals surface area contributed by atoms with Crippen LogP contribution >= 0.6 is 0 Å². The van der Waals surface area contributed by atoms with Gasteiger partial charge >= 0.3 is 6.03 Å². The molecule has 0 saturated heterocycles. The lowest BCUT2D eigenvalue weighted by atomic mass is 10.4. The molecular formula is C13H24IN3O3. The summed E-state index contributed by atoms with van der Waals surface area (Å²) in [7, 11) is 3.65. The van der Waals surface area contributed by atoms with E-state index in [1.165, 1.54) is 0 Å². The molecule has 1 rings (SSSR count). The molecule has 0 aliphatic carbocycles. The number of halogens is 1. The fraction of sp³-hybridized carbons (Fsp3) is 0.692. The number of nitrogens with zero attached hydrogens (tertiary/aromatic N) is 3. The van der Waals surface area contributed by atoms with Crippen LogP contribution in [0.15, 0.2) is 18.7 Å². The number of imidazole rings is 1. The third-order valence-electron chi connectivity index (χ3n) is 2.72. The number of aryl methyl sites for hydroxylation is 1. The Morgan fingerprint density at radius 2 is 1.95 bits per heavy atom. The molecule has 0 fully saturated rings. The molecular weight excluding hydrogens is 373 g/mol. The lowest BCUT2D eigenvalue weighted by molar-refractivity contribution is -0.670. The lowest BCUT2D eigenvalue weighted by Gasteiger charge is -2.20. The van der Waals surface area contributed by atoms with Crippen molar-refractivity contribution in [3.8, 4) is 0 Å². The number of amides is 1. The van der Waals surface area contributed by atoms with Crippen molar-refractivity contribution in [3.05, 3.63) is 18.7 Å². The van der Waals surface area contributed by atoms with Gasteiger partial charge in [-0.1, -0.05) is 0 Å². The van der Waals surface area contributed by atoms with Crippen LogP contribution in [0.2, 0.25) is 0 Å². The number of hydrogen-bond donors (Lipinski definition) is 0. The minimum Gasteiger partial charge on any atom is -1.00 e. The Bertz CT molecular complexity index is 392. The van der Waals surface area contributed by atoms with Gasteiger partial charge in [0.05, 0.1) is 7.05 Å². The largest absolute Gasteiger partial charge is 1.00 e. The van der Waals surface area contributed by atoms with Gasteiger partial charge in [0.1, 0.15) is 12.4 Å². The minimum absolute atomic E-state index is 0. The topological polar surface area (TPSA) is 47.6 Å². The first-order valence-electron chi connectivity index (χ1n) is 6.60. The van der Waals surface area contributed by atoms with Crippen LogP contribution in [0.4, 0.5) is 4.79 Å². The zero-order valence-corrected chi connectivity index (χ0v) is 14.7. The van der Waals surface area contributed by atoms with Crippen LogP contribution in [0.25, 0.3) is 0 Å². The highest BCUT2D eigenvalue weighted by Gasteiger charge is 2.18. The quantitative estimate of drug-likeness (QED) is 0.304. The molecule has 20 heavy (non-hydrogen) atoms. The average Bonchev–Trinajstić information content (AvgIpc) is 2.82. The van der Waals surface area contributed by atoms with E-state index in [1.54, 1.807) is 29.0 Å². The van der Waals surface area contributed by atoms with E-state index in [0.717, 1.165) is 0 Å². The summed E-state index contributed by atoms with van der Waals surface area (Å²) in [6.45, 7) is 5.67. The molecule has 0 aliphatic heterocycles. The molecule has 0 atom stereocenters. The third kappa shape index (κ3) is 6.19. The Labute approximate surface area is 137 Å². The van der Waals surface area contributed by atoms with Crippen molar-refractivity contribution in [3.63, 3.8) is 0 Å². The van der Waals surface area contributed by atoms with Gasteiger partial charge in [-0.05, 0) is 13.8 Å². The Morgan fingerprint density at radius 1 is 1.35 bits per heavy atom. The highest BCUT2D eigenvalue weighted by Crippen LogP contribution is 2.03. The molecule has 116 valence electrons. The second-order valence-electron chi connectivity index (χ2n) is 4.32. The van der Waals surface area contributed by atoms with Crippen LogP contribution in [-0.2, 0) is 16.5 Å². The molecule has 7 heteroatoms. The van der Waals surface area contributed by atoms with E-state index >= 15 is 0 Å². The Hall–Kier alpha value is -0.670. The van der Waals surface area contributed by atoms with Crippen molar-refractivity contribution >= 4 is 6.03 Å². The van der Waals surface area contributed by atoms with E-state index in [0.29, 0.717) is 26.2 Å². The summed E-state index contributed by atoms with van der Waals surface area (Å²) in [6, 6.07) is -0.0626. The van der Waals surface area contributed by atoms with Crippen LogP contribution in [0.1, 0.15) is 20.3 Å². The summed E-state index contributed by atoms with van der Waals surface area (Å²) in [6.07, 6.45) is 5.72. The van der Waals surface area contributed by atoms with Crippen LogP contribution in [-0.4, -0.2) is 48.6 Å². The van der Waals surface area contributed by atoms with Gasteiger partial charge in [-0.2, -0.15) is 4.57 Å². The van der Waals surface area contributed by atoms with Gasteiger partial charge < -0.3 is 38.4 Å². The first-order chi connectivity index (χ1) is 9.08. The Kier molecular flexibility index (Phi) is 9.78. The van der Waals surface area contributed by atoms with Crippen LogP contribution < -0.4 is 28.5 Å². The zero-order valence-electron chi connectivity index (χ0n) is 12.6. The second-order valence-corrected chi connectivity index (χ2v) is 4.32. The predicted molar refractivity (Wildman–Crippen MR) is 70.7 cm³/mol. The van der Waals surface area contributed by atoms with Gasteiger partial charge in [0.15, 0.2) is 6.29 Å². The molecule has 0 aliphatic rings. The molecule has 0 spiro atoms.